The Balaban J connectivity index is 0.00000288. The summed E-state index contributed by atoms with van der Waals surface area (Å²) in [5, 5.41) is 7.49. The van der Waals surface area contributed by atoms with Gasteiger partial charge in [0.05, 0.1) is 13.1 Å². The van der Waals surface area contributed by atoms with Crippen molar-refractivity contribution in [2.45, 2.75) is 31.1 Å². The molecule has 1 saturated heterocycles. The summed E-state index contributed by atoms with van der Waals surface area (Å²) in [5.74, 6) is 1.83. The first-order valence-electron chi connectivity index (χ1n) is 8.05. The zero-order valence-electron chi connectivity index (χ0n) is 15.0. The highest BCUT2D eigenvalue weighted by molar-refractivity contribution is 14.0. The number of hydrogen-bond donors (Lipinski definition) is 1. The molecule has 1 N–H and O–H groups in total. The molecule has 1 aliphatic rings. The van der Waals surface area contributed by atoms with E-state index in [0.717, 1.165) is 50.9 Å². The van der Waals surface area contributed by atoms with Gasteiger partial charge in [-0.3, -0.25) is 9.67 Å². The molecule has 2 heterocycles. The number of aliphatic imine (C=N–C) groups is 1. The highest BCUT2D eigenvalue weighted by Crippen LogP contribution is 2.34. The van der Waals surface area contributed by atoms with Crippen molar-refractivity contribution >= 4 is 41.7 Å². The van der Waals surface area contributed by atoms with Crippen molar-refractivity contribution in [2.24, 2.45) is 12.0 Å². The zero-order valence-corrected chi connectivity index (χ0v) is 18.1. The van der Waals surface area contributed by atoms with Gasteiger partial charge in [-0.05, 0) is 26.0 Å². The van der Waals surface area contributed by atoms with Gasteiger partial charge in [0.1, 0.15) is 12.2 Å². The van der Waals surface area contributed by atoms with Crippen LogP contribution in [0.1, 0.15) is 25.6 Å². The van der Waals surface area contributed by atoms with Crippen LogP contribution in [0.25, 0.3) is 0 Å². The number of aromatic nitrogens is 3. The first kappa shape index (κ1) is 21.5. The van der Waals surface area contributed by atoms with E-state index in [-0.39, 0.29) is 28.7 Å². The van der Waals surface area contributed by atoms with Gasteiger partial charge in [0.25, 0.3) is 0 Å². The molecule has 1 aromatic rings. The quantitative estimate of drug-likeness (QED) is 0.390. The van der Waals surface area contributed by atoms with Crippen LogP contribution in [0.5, 0.6) is 0 Å². The van der Waals surface area contributed by atoms with Gasteiger partial charge in [-0.2, -0.15) is 16.9 Å². The van der Waals surface area contributed by atoms with Crippen molar-refractivity contribution in [1.29, 1.82) is 0 Å². The smallest absolute Gasteiger partial charge is 0.194 e. The highest BCUT2D eigenvalue weighted by Gasteiger charge is 2.31. The van der Waals surface area contributed by atoms with Gasteiger partial charge in [-0.25, -0.2) is 4.98 Å². The molecule has 0 atom stereocenters. The fourth-order valence-electron chi connectivity index (χ4n) is 2.61. The monoisotopic (exact) mass is 468 g/mol. The number of thioether (sulfide) groups is 1. The van der Waals surface area contributed by atoms with E-state index in [4.69, 9.17) is 9.73 Å². The molecular formula is C15H29IN6OS. The van der Waals surface area contributed by atoms with Gasteiger partial charge < -0.3 is 15.0 Å². The Morgan fingerprint density at radius 3 is 2.75 bits per heavy atom. The second kappa shape index (κ2) is 10.4. The summed E-state index contributed by atoms with van der Waals surface area (Å²) in [6.45, 7) is 6.09. The molecule has 138 valence electrons. The molecule has 0 radical (unpaired) electrons. The SMILES string of the molecule is CCNC(=NCC1(SC)CCOCC1)N(C)Cc1ncnn1C.I. The van der Waals surface area contributed by atoms with Crippen LogP contribution in [0.4, 0.5) is 0 Å². The van der Waals surface area contributed by atoms with Crippen molar-refractivity contribution in [1.82, 2.24) is 25.0 Å². The Kier molecular flexibility index (Phi) is 9.35. The second-order valence-electron chi connectivity index (χ2n) is 5.83. The van der Waals surface area contributed by atoms with Crippen molar-refractivity contribution < 1.29 is 4.74 Å². The number of nitrogens with one attached hydrogen (secondary N) is 1. The first-order valence-corrected chi connectivity index (χ1v) is 9.28. The minimum Gasteiger partial charge on any atom is -0.381 e. The summed E-state index contributed by atoms with van der Waals surface area (Å²) >= 11 is 1.91. The van der Waals surface area contributed by atoms with Gasteiger partial charge >= 0.3 is 0 Å². The van der Waals surface area contributed by atoms with E-state index in [2.05, 4.69) is 33.5 Å². The number of hydrogen-bond acceptors (Lipinski definition) is 5. The standard InChI is InChI=1S/C15H28N6OS.HI/c1-5-16-14(20(2)10-13-18-12-19-21(13)3)17-11-15(23-4)6-8-22-9-7-15;/h12H,5-11H2,1-4H3,(H,16,17);1H. The Hall–Kier alpha value is -0.550. The molecule has 0 unspecified atom stereocenters. The maximum Gasteiger partial charge on any atom is 0.194 e. The fourth-order valence-corrected chi connectivity index (χ4v) is 3.38. The normalized spacial score (nSPS) is 17.2. The van der Waals surface area contributed by atoms with Gasteiger partial charge in [0.15, 0.2) is 5.96 Å². The molecule has 0 saturated carbocycles. The van der Waals surface area contributed by atoms with Crippen LogP contribution in [-0.4, -0.2) is 70.0 Å². The van der Waals surface area contributed by atoms with E-state index in [9.17, 15) is 0 Å². The van der Waals surface area contributed by atoms with E-state index >= 15 is 0 Å². The average molecular weight is 468 g/mol. The maximum atomic E-state index is 5.51. The molecule has 24 heavy (non-hydrogen) atoms. The maximum absolute atomic E-state index is 5.51. The topological polar surface area (TPSA) is 67.6 Å². The summed E-state index contributed by atoms with van der Waals surface area (Å²) in [5.41, 5.74) is 0. The van der Waals surface area contributed by atoms with E-state index in [1.807, 2.05) is 25.9 Å². The summed E-state index contributed by atoms with van der Waals surface area (Å²) in [6, 6.07) is 0. The van der Waals surface area contributed by atoms with E-state index in [1.54, 1.807) is 11.0 Å². The van der Waals surface area contributed by atoms with E-state index in [1.165, 1.54) is 0 Å². The van der Waals surface area contributed by atoms with Gasteiger partial charge in [-0.1, -0.05) is 0 Å². The molecule has 0 aliphatic carbocycles. The van der Waals surface area contributed by atoms with Gasteiger partial charge in [-0.15, -0.1) is 24.0 Å². The summed E-state index contributed by atoms with van der Waals surface area (Å²) in [7, 11) is 3.94. The van der Waals surface area contributed by atoms with Gasteiger partial charge in [0.2, 0.25) is 0 Å². The average Bonchev–Trinajstić information content (AvgIpc) is 2.97. The molecule has 0 amide bonds. The summed E-state index contributed by atoms with van der Waals surface area (Å²) in [4.78, 5) is 11.3. The molecule has 0 aromatic carbocycles. The molecule has 2 rings (SSSR count). The largest absolute Gasteiger partial charge is 0.381 e. The molecule has 0 bridgehead atoms. The number of rotatable bonds is 6. The molecule has 7 nitrogen and oxygen atoms in total. The Morgan fingerprint density at radius 1 is 1.50 bits per heavy atom. The van der Waals surface area contributed by atoms with Crippen molar-refractivity contribution in [3.8, 4) is 0 Å². The molecule has 0 spiro atoms. The number of nitrogens with zero attached hydrogens (tertiary/aromatic N) is 5. The van der Waals surface area contributed by atoms with Gasteiger partial charge in [0, 0.05) is 38.6 Å². The number of aryl methyl sites for hydroxylation is 1. The first-order chi connectivity index (χ1) is 11.1. The molecule has 1 fully saturated rings. The number of guanidine groups is 1. The molecule has 1 aliphatic heterocycles. The zero-order chi connectivity index (χ0) is 16.7. The number of ether oxygens (including phenoxy) is 1. The Labute approximate surface area is 166 Å². The van der Waals surface area contributed by atoms with Crippen LogP contribution in [0, 0.1) is 0 Å². The lowest BCUT2D eigenvalue weighted by Gasteiger charge is -2.34. The predicted octanol–water partition coefficient (Wildman–Crippen LogP) is 1.74. The lowest BCUT2D eigenvalue weighted by atomic mass is 9.99. The van der Waals surface area contributed by atoms with Crippen molar-refractivity contribution in [3.05, 3.63) is 12.2 Å². The van der Waals surface area contributed by atoms with Crippen LogP contribution >= 0.6 is 35.7 Å². The van der Waals surface area contributed by atoms with Crippen LogP contribution in [0.15, 0.2) is 11.3 Å². The fraction of sp³-hybridized carbons (Fsp3) is 0.800. The minimum atomic E-state index is 0. The minimum absolute atomic E-state index is 0. The van der Waals surface area contributed by atoms with E-state index in [0.29, 0.717) is 6.54 Å². The molecule has 1 aromatic heterocycles. The van der Waals surface area contributed by atoms with Crippen molar-refractivity contribution in [2.75, 3.05) is 39.6 Å². The Morgan fingerprint density at radius 2 is 2.21 bits per heavy atom. The van der Waals surface area contributed by atoms with E-state index < -0.39 is 0 Å². The third-order valence-corrected chi connectivity index (χ3v) is 5.64. The lowest BCUT2D eigenvalue weighted by Crippen LogP contribution is -2.41. The van der Waals surface area contributed by atoms with Crippen LogP contribution in [0.2, 0.25) is 0 Å². The lowest BCUT2D eigenvalue weighted by molar-refractivity contribution is 0.0793. The third kappa shape index (κ3) is 5.76. The van der Waals surface area contributed by atoms with Crippen LogP contribution in [-0.2, 0) is 18.3 Å². The Bertz CT molecular complexity index is 518. The van der Waals surface area contributed by atoms with Crippen LogP contribution in [0.3, 0.4) is 0 Å². The number of halogens is 1. The predicted molar refractivity (Wildman–Crippen MR) is 110 cm³/mol. The summed E-state index contributed by atoms with van der Waals surface area (Å²) in [6.07, 6.45) is 5.88. The molecule has 9 heteroatoms. The highest BCUT2D eigenvalue weighted by atomic mass is 127. The van der Waals surface area contributed by atoms with Crippen molar-refractivity contribution in [3.63, 3.8) is 0 Å². The third-order valence-electron chi connectivity index (χ3n) is 4.23. The molecular weight excluding hydrogens is 439 g/mol. The van der Waals surface area contributed by atoms with Crippen LogP contribution < -0.4 is 5.32 Å². The second-order valence-corrected chi connectivity index (χ2v) is 7.10. The summed E-state index contributed by atoms with van der Waals surface area (Å²) < 4.78 is 7.50.